The molecular formula is C20H17N3. The van der Waals surface area contributed by atoms with Gasteiger partial charge in [-0.3, -0.25) is 4.40 Å². The van der Waals surface area contributed by atoms with Crippen molar-refractivity contribution in [2.45, 2.75) is 6.92 Å². The van der Waals surface area contributed by atoms with Crippen LogP contribution in [0.2, 0.25) is 0 Å². The van der Waals surface area contributed by atoms with Crippen LogP contribution in [0.3, 0.4) is 0 Å². The fourth-order valence-electron chi connectivity index (χ4n) is 2.83. The molecule has 4 aromatic rings. The van der Waals surface area contributed by atoms with Gasteiger partial charge in [-0.2, -0.15) is 0 Å². The summed E-state index contributed by atoms with van der Waals surface area (Å²) in [6.07, 6.45) is 1.97. The highest BCUT2D eigenvalue weighted by atomic mass is 15.1. The van der Waals surface area contributed by atoms with Crippen LogP contribution in [-0.4, -0.2) is 9.38 Å². The van der Waals surface area contributed by atoms with E-state index in [1.165, 1.54) is 16.7 Å². The van der Waals surface area contributed by atoms with Gasteiger partial charge in [0, 0.05) is 11.8 Å². The molecule has 0 aliphatic carbocycles. The summed E-state index contributed by atoms with van der Waals surface area (Å²) >= 11 is 0. The van der Waals surface area contributed by atoms with Gasteiger partial charge >= 0.3 is 0 Å². The molecule has 2 heterocycles. The molecule has 0 fully saturated rings. The summed E-state index contributed by atoms with van der Waals surface area (Å²) < 4.78 is 1.92. The molecule has 0 spiro atoms. The van der Waals surface area contributed by atoms with Crippen molar-refractivity contribution in [3.05, 3.63) is 78.5 Å². The molecule has 2 aromatic heterocycles. The first-order valence-electron chi connectivity index (χ1n) is 7.62. The number of nitrogens with zero attached hydrogens (tertiary/aromatic N) is 2. The molecule has 0 radical (unpaired) electrons. The van der Waals surface area contributed by atoms with Crippen LogP contribution >= 0.6 is 0 Å². The van der Waals surface area contributed by atoms with E-state index in [1.807, 2.05) is 40.9 Å². The zero-order chi connectivity index (χ0) is 15.8. The summed E-state index contributed by atoms with van der Waals surface area (Å²) in [4.78, 5) is 4.68. The second kappa shape index (κ2) is 5.29. The van der Waals surface area contributed by atoms with Crippen LogP contribution in [0, 0.1) is 6.92 Å². The number of anilines is 1. The van der Waals surface area contributed by atoms with Gasteiger partial charge in [-0.25, -0.2) is 4.98 Å². The van der Waals surface area contributed by atoms with Crippen molar-refractivity contribution in [3.8, 4) is 22.4 Å². The summed E-state index contributed by atoms with van der Waals surface area (Å²) in [7, 11) is 0. The molecule has 3 nitrogen and oxygen atoms in total. The Bertz CT molecular complexity index is 967. The van der Waals surface area contributed by atoms with Gasteiger partial charge in [-0.15, -0.1) is 0 Å². The predicted molar refractivity (Wildman–Crippen MR) is 95.2 cm³/mol. The summed E-state index contributed by atoms with van der Waals surface area (Å²) in [5.74, 6) is 0.674. The van der Waals surface area contributed by atoms with E-state index in [-0.39, 0.29) is 0 Å². The number of pyridine rings is 1. The molecule has 0 saturated heterocycles. The molecule has 0 atom stereocenters. The van der Waals surface area contributed by atoms with E-state index in [9.17, 15) is 0 Å². The second-order valence-electron chi connectivity index (χ2n) is 5.72. The minimum Gasteiger partial charge on any atom is -0.383 e. The van der Waals surface area contributed by atoms with Crippen molar-refractivity contribution in [2.24, 2.45) is 0 Å². The van der Waals surface area contributed by atoms with Crippen molar-refractivity contribution in [3.63, 3.8) is 0 Å². The number of rotatable bonds is 2. The third-order valence-electron chi connectivity index (χ3n) is 4.08. The van der Waals surface area contributed by atoms with E-state index in [0.29, 0.717) is 5.82 Å². The second-order valence-corrected chi connectivity index (χ2v) is 5.72. The van der Waals surface area contributed by atoms with Gasteiger partial charge in [0.15, 0.2) is 0 Å². The Morgan fingerprint density at radius 1 is 0.826 bits per heavy atom. The number of nitrogens with two attached hydrogens (primary N) is 1. The van der Waals surface area contributed by atoms with E-state index >= 15 is 0 Å². The van der Waals surface area contributed by atoms with Crippen LogP contribution in [0.5, 0.6) is 0 Å². The maximum atomic E-state index is 6.27. The molecule has 0 unspecified atom stereocenters. The molecule has 2 N–H and O–H groups in total. The fourth-order valence-corrected chi connectivity index (χ4v) is 2.83. The zero-order valence-electron chi connectivity index (χ0n) is 12.9. The average molecular weight is 299 g/mol. The number of hydrogen-bond donors (Lipinski definition) is 1. The molecule has 0 saturated carbocycles. The van der Waals surface area contributed by atoms with E-state index in [1.54, 1.807) is 0 Å². The van der Waals surface area contributed by atoms with E-state index < -0.39 is 0 Å². The Hall–Kier alpha value is -3.07. The van der Waals surface area contributed by atoms with Crippen molar-refractivity contribution in [1.29, 1.82) is 0 Å². The minimum atomic E-state index is 0.674. The van der Waals surface area contributed by atoms with Crippen LogP contribution in [-0.2, 0) is 0 Å². The lowest BCUT2D eigenvalue weighted by Gasteiger charge is -2.03. The van der Waals surface area contributed by atoms with Crippen molar-refractivity contribution in [2.75, 3.05) is 5.73 Å². The van der Waals surface area contributed by atoms with Gasteiger partial charge in [0.05, 0.1) is 0 Å². The first kappa shape index (κ1) is 13.6. The molecule has 23 heavy (non-hydrogen) atoms. The quantitative estimate of drug-likeness (QED) is 0.589. The normalized spacial score (nSPS) is 11.0. The van der Waals surface area contributed by atoms with Crippen LogP contribution in [0.4, 0.5) is 5.82 Å². The molecule has 0 bridgehead atoms. The van der Waals surface area contributed by atoms with Crippen LogP contribution in [0.25, 0.3) is 28.0 Å². The van der Waals surface area contributed by atoms with Gasteiger partial charge in [-0.1, -0.05) is 54.6 Å². The van der Waals surface area contributed by atoms with Crippen LogP contribution < -0.4 is 5.73 Å². The number of hydrogen-bond acceptors (Lipinski definition) is 2. The standard InChI is InChI=1S/C20H17N3/c1-14-11-12-23-18(13-14)22-19(20(23)21)17-9-7-16(8-10-17)15-5-3-2-4-6-15/h2-13H,21H2,1H3. The highest BCUT2D eigenvalue weighted by Crippen LogP contribution is 2.29. The number of aromatic nitrogens is 2. The summed E-state index contributed by atoms with van der Waals surface area (Å²) in [6, 6.07) is 22.8. The molecule has 0 aliphatic rings. The van der Waals surface area contributed by atoms with E-state index in [4.69, 9.17) is 5.73 Å². The maximum Gasteiger partial charge on any atom is 0.139 e. The van der Waals surface area contributed by atoms with Crippen LogP contribution in [0.1, 0.15) is 5.56 Å². The highest BCUT2D eigenvalue weighted by molar-refractivity contribution is 5.77. The highest BCUT2D eigenvalue weighted by Gasteiger charge is 2.11. The lowest BCUT2D eigenvalue weighted by atomic mass is 10.0. The van der Waals surface area contributed by atoms with Crippen molar-refractivity contribution >= 4 is 11.5 Å². The Labute approximate surface area is 135 Å². The summed E-state index contributed by atoms with van der Waals surface area (Å²) in [5, 5.41) is 0. The smallest absolute Gasteiger partial charge is 0.139 e. The van der Waals surface area contributed by atoms with Gasteiger partial charge in [0.1, 0.15) is 17.2 Å². The van der Waals surface area contributed by atoms with Gasteiger partial charge in [0.2, 0.25) is 0 Å². The Morgan fingerprint density at radius 3 is 2.22 bits per heavy atom. The lowest BCUT2D eigenvalue weighted by Crippen LogP contribution is -1.94. The molecule has 0 aliphatic heterocycles. The minimum absolute atomic E-state index is 0.674. The Morgan fingerprint density at radius 2 is 1.48 bits per heavy atom. The molecule has 4 rings (SSSR count). The average Bonchev–Trinajstić information content (AvgIpc) is 2.92. The van der Waals surface area contributed by atoms with Crippen molar-refractivity contribution < 1.29 is 0 Å². The third-order valence-corrected chi connectivity index (χ3v) is 4.08. The molecule has 3 heteroatoms. The number of benzene rings is 2. The van der Waals surface area contributed by atoms with Crippen molar-refractivity contribution in [1.82, 2.24) is 9.38 Å². The summed E-state index contributed by atoms with van der Waals surface area (Å²) in [6.45, 7) is 2.05. The number of fused-ring (bicyclic) bond motifs is 1. The largest absolute Gasteiger partial charge is 0.383 e. The third kappa shape index (κ3) is 2.36. The summed E-state index contributed by atoms with van der Waals surface area (Å²) in [5.41, 5.74) is 12.6. The van der Waals surface area contributed by atoms with Gasteiger partial charge in [0.25, 0.3) is 0 Å². The first-order valence-corrected chi connectivity index (χ1v) is 7.62. The zero-order valence-corrected chi connectivity index (χ0v) is 12.9. The molecular weight excluding hydrogens is 282 g/mol. The molecule has 112 valence electrons. The Kier molecular flexibility index (Phi) is 3.12. The SMILES string of the molecule is Cc1ccn2c(N)c(-c3ccc(-c4ccccc4)cc3)nc2c1. The lowest BCUT2D eigenvalue weighted by molar-refractivity contribution is 1.18. The number of nitrogen functional groups attached to an aromatic ring is 1. The maximum absolute atomic E-state index is 6.27. The number of imidazole rings is 1. The van der Waals surface area contributed by atoms with Crippen LogP contribution in [0.15, 0.2) is 72.9 Å². The Balaban J connectivity index is 1.78. The monoisotopic (exact) mass is 299 g/mol. The van der Waals surface area contributed by atoms with E-state index in [0.717, 1.165) is 16.9 Å². The number of aryl methyl sites for hydroxylation is 1. The first-order chi connectivity index (χ1) is 11.2. The molecule has 0 amide bonds. The van der Waals surface area contributed by atoms with Gasteiger partial charge in [-0.05, 0) is 35.7 Å². The molecule has 2 aromatic carbocycles. The topological polar surface area (TPSA) is 43.3 Å². The van der Waals surface area contributed by atoms with E-state index in [2.05, 4.69) is 48.3 Å². The fraction of sp³-hybridized carbons (Fsp3) is 0.0500. The van der Waals surface area contributed by atoms with Gasteiger partial charge < -0.3 is 5.73 Å². The predicted octanol–water partition coefficient (Wildman–Crippen LogP) is 4.56.